The third kappa shape index (κ3) is 3.12. The highest BCUT2D eigenvalue weighted by atomic mass is 79.9. The third-order valence-electron chi connectivity index (χ3n) is 2.91. The highest BCUT2D eigenvalue weighted by Crippen LogP contribution is 2.35. The number of aromatic nitrogens is 2. The van der Waals surface area contributed by atoms with Crippen molar-refractivity contribution < 1.29 is 0 Å². The predicted octanol–water partition coefficient (Wildman–Crippen LogP) is 6.03. The minimum absolute atomic E-state index is 0.498. The molecule has 0 aliphatic rings. The number of rotatable bonds is 3. The Morgan fingerprint density at radius 3 is 2.62 bits per heavy atom. The van der Waals surface area contributed by atoms with E-state index in [9.17, 15) is 0 Å². The fraction of sp³-hybridized carbons (Fsp3) is 0.0769. The third-order valence-corrected chi connectivity index (χ3v) is 5.03. The van der Waals surface area contributed by atoms with Crippen molar-refractivity contribution in [2.24, 2.45) is 0 Å². The number of hydrogen-bond donors (Lipinski definition) is 1. The monoisotopic (exact) mass is 421 g/mol. The van der Waals surface area contributed by atoms with Gasteiger partial charge in [0.05, 0.1) is 27.5 Å². The summed E-state index contributed by atoms with van der Waals surface area (Å²) in [4.78, 5) is 0. The van der Waals surface area contributed by atoms with Gasteiger partial charge in [0.1, 0.15) is 11.0 Å². The number of hydrogen-bond acceptors (Lipinski definition) is 4. The Morgan fingerprint density at radius 2 is 1.81 bits per heavy atom. The van der Waals surface area contributed by atoms with Crippen LogP contribution in [0.4, 0.5) is 5.69 Å². The van der Waals surface area contributed by atoms with Gasteiger partial charge in [-0.05, 0) is 29.8 Å². The Hall–Kier alpha value is -0.590. The normalized spacial score (nSPS) is 11.0. The Balaban J connectivity index is 1.95. The van der Waals surface area contributed by atoms with Crippen LogP contribution in [0.2, 0.25) is 15.1 Å². The van der Waals surface area contributed by atoms with Gasteiger partial charge in [0.2, 0.25) is 0 Å². The molecule has 0 saturated carbocycles. The Bertz CT molecular complexity index is 822. The van der Waals surface area contributed by atoms with Crippen LogP contribution in [0.25, 0.3) is 11.0 Å². The molecule has 3 nitrogen and oxygen atoms in total. The summed E-state index contributed by atoms with van der Waals surface area (Å²) < 4.78 is 9.40. The quantitative estimate of drug-likeness (QED) is 0.559. The van der Waals surface area contributed by atoms with Gasteiger partial charge < -0.3 is 5.32 Å². The Labute approximate surface area is 148 Å². The molecule has 0 spiro atoms. The van der Waals surface area contributed by atoms with Crippen LogP contribution in [0.3, 0.4) is 0 Å². The van der Waals surface area contributed by atoms with Crippen LogP contribution >= 0.6 is 62.5 Å². The summed E-state index contributed by atoms with van der Waals surface area (Å²) in [5.41, 5.74) is 3.07. The molecule has 8 heteroatoms. The van der Waals surface area contributed by atoms with Crippen molar-refractivity contribution in [3.8, 4) is 0 Å². The molecule has 108 valence electrons. The van der Waals surface area contributed by atoms with E-state index >= 15 is 0 Å². The molecule has 0 atom stereocenters. The van der Waals surface area contributed by atoms with E-state index in [1.54, 1.807) is 6.07 Å². The lowest BCUT2D eigenvalue weighted by atomic mass is 10.2. The standard InChI is InChI=1S/C13H7BrCl3N3S/c14-8-2-1-7(15)3-6(8)5-18-11-9(16)4-10(17)12-13(11)20-21-19-12/h1-4,18H,5H2. The van der Waals surface area contributed by atoms with Gasteiger partial charge in [0.25, 0.3) is 0 Å². The maximum atomic E-state index is 6.25. The minimum atomic E-state index is 0.498. The summed E-state index contributed by atoms with van der Waals surface area (Å²) in [5.74, 6) is 0. The van der Waals surface area contributed by atoms with Gasteiger partial charge >= 0.3 is 0 Å². The molecular weight excluding hydrogens is 416 g/mol. The second kappa shape index (κ2) is 6.26. The van der Waals surface area contributed by atoms with E-state index in [4.69, 9.17) is 34.8 Å². The zero-order chi connectivity index (χ0) is 15.0. The van der Waals surface area contributed by atoms with Crippen LogP contribution in [-0.4, -0.2) is 8.75 Å². The van der Waals surface area contributed by atoms with Crippen molar-refractivity contribution in [3.05, 3.63) is 49.4 Å². The first-order valence-corrected chi connectivity index (χ1v) is 8.50. The predicted molar refractivity (Wildman–Crippen MR) is 93.9 cm³/mol. The lowest BCUT2D eigenvalue weighted by molar-refractivity contribution is 1.14. The highest BCUT2D eigenvalue weighted by Gasteiger charge is 2.14. The SMILES string of the molecule is Clc1ccc(Br)c(CNc2c(Cl)cc(Cl)c3nsnc23)c1. The molecule has 3 aromatic rings. The molecule has 0 unspecified atom stereocenters. The zero-order valence-corrected chi connectivity index (χ0v) is 15.0. The van der Waals surface area contributed by atoms with Gasteiger partial charge in [-0.3, -0.25) is 0 Å². The van der Waals surface area contributed by atoms with Gasteiger partial charge in [-0.1, -0.05) is 50.7 Å². The second-order valence-corrected chi connectivity index (χ2v) is 6.90. The topological polar surface area (TPSA) is 37.8 Å². The first kappa shape index (κ1) is 15.3. The van der Waals surface area contributed by atoms with Crippen molar-refractivity contribution in [2.45, 2.75) is 6.54 Å². The summed E-state index contributed by atoms with van der Waals surface area (Å²) in [5, 5.41) is 4.97. The summed E-state index contributed by atoms with van der Waals surface area (Å²) >= 11 is 23.0. The van der Waals surface area contributed by atoms with Crippen LogP contribution in [0.5, 0.6) is 0 Å². The molecule has 21 heavy (non-hydrogen) atoms. The zero-order valence-electron chi connectivity index (χ0n) is 10.3. The van der Waals surface area contributed by atoms with Crippen LogP contribution in [0.1, 0.15) is 5.56 Å². The Kier molecular flexibility index (Phi) is 4.57. The Morgan fingerprint density at radius 1 is 1.05 bits per heavy atom. The molecule has 1 heterocycles. The molecule has 0 bridgehead atoms. The number of halogens is 4. The minimum Gasteiger partial charge on any atom is -0.378 e. The summed E-state index contributed by atoms with van der Waals surface area (Å²) in [7, 11) is 0. The van der Waals surface area contributed by atoms with Crippen LogP contribution in [0.15, 0.2) is 28.7 Å². The van der Waals surface area contributed by atoms with E-state index in [1.807, 2.05) is 18.2 Å². The summed E-state index contributed by atoms with van der Waals surface area (Å²) in [6.45, 7) is 0.551. The van der Waals surface area contributed by atoms with Gasteiger partial charge in [-0.25, -0.2) is 0 Å². The van der Waals surface area contributed by atoms with Gasteiger partial charge in [0.15, 0.2) is 0 Å². The highest BCUT2D eigenvalue weighted by molar-refractivity contribution is 9.10. The van der Waals surface area contributed by atoms with E-state index in [0.717, 1.165) is 27.5 Å². The lowest BCUT2D eigenvalue weighted by Crippen LogP contribution is -2.02. The fourth-order valence-electron chi connectivity index (χ4n) is 1.90. The number of benzene rings is 2. The van der Waals surface area contributed by atoms with E-state index < -0.39 is 0 Å². The number of anilines is 1. The van der Waals surface area contributed by atoms with Crippen LogP contribution in [0, 0.1) is 0 Å². The molecule has 3 rings (SSSR count). The van der Waals surface area contributed by atoms with Crippen molar-refractivity contribution >= 4 is 79.2 Å². The molecule has 0 aliphatic carbocycles. The van der Waals surface area contributed by atoms with E-state index in [-0.39, 0.29) is 0 Å². The van der Waals surface area contributed by atoms with Crippen molar-refractivity contribution in [3.63, 3.8) is 0 Å². The fourth-order valence-corrected chi connectivity index (χ4v) is 3.67. The maximum Gasteiger partial charge on any atom is 0.130 e. The molecule has 0 saturated heterocycles. The van der Waals surface area contributed by atoms with Crippen LogP contribution < -0.4 is 5.32 Å². The van der Waals surface area contributed by atoms with E-state index in [0.29, 0.717) is 32.6 Å². The molecule has 0 radical (unpaired) electrons. The van der Waals surface area contributed by atoms with Gasteiger partial charge in [-0.15, -0.1) is 0 Å². The summed E-state index contributed by atoms with van der Waals surface area (Å²) in [6.07, 6.45) is 0. The maximum absolute atomic E-state index is 6.25. The van der Waals surface area contributed by atoms with Crippen LogP contribution in [-0.2, 0) is 6.54 Å². The lowest BCUT2D eigenvalue weighted by Gasteiger charge is -2.11. The first-order chi connectivity index (χ1) is 10.1. The van der Waals surface area contributed by atoms with E-state index in [2.05, 4.69) is 30.0 Å². The van der Waals surface area contributed by atoms with Gasteiger partial charge in [-0.2, -0.15) is 8.75 Å². The molecule has 2 aromatic carbocycles. The first-order valence-electron chi connectivity index (χ1n) is 5.84. The molecule has 0 aliphatic heterocycles. The number of nitrogens with zero attached hydrogens (tertiary/aromatic N) is 2. The number of nitrogens with one attached hydrogen (secondary N) is 1. The summed E-state index contributed by atoms with van der Waals surface area (Å²) in [6, 6.07) is 7.29. The molecular formula is C13H7BrCl3N3S. The van der Waals surface area contributed by atoms with Gasteiger partial charge in [0, 0.05) is 16.0 Å². The molecule has 1 aromatic heterocycles. The molecule has 0 fully saturated rings. The van der Waals surface area contributed by atoms with E-state index in [1.165, 1.54) is 0 Å². The average molecular weight is 424 g/mol. The largest absolute Gasteiger partial charge is 0.378 e. The average Bonchev–Trinajstić information content (AvgIpc) is 2.92. The smallest absolute Gasteiger partial charge is 0.130 e. The molecule has 0 amide bonds. The second-order valence-electron chi connectivity index (χ2n) is 4.27. The van der Waals surface area contributed by atoms with Crippen molar-refractivity contribution in [1.82, 2.24) is 8.75 Å². The molecule has 1 N–H and O–H groups in total. The number of fused-ring (bicyclic) bond motifs is 1. The van der Waals surface area contributed by atoms with Crippen molar-refractivity contribution in [2.75, 3.05) is 5.32 Å². The van der Waals surface area contributed by atoms with Crippen molar-refractivity contribution in [1.29, 1.82) is 0 Å².